The maximum atomic E-state index is 13.1. The number of carbonyl (C=O) groups is 1. The predicted molar refractivity (Wildman–Crippen MR) is 123 cm³/mol. The van der Waals surface area contributed by atoms with Gasteiger partial charge in [-0.25, -0.2) is 9.59 Å². The molecule has 5 nitrogen and oxygen atoms in total. The smallest absolute Gasteiger partial charge is 0.336 e. The molecule has 1 aliphatic rings. The molecule has 162 valence electrons. The average Bonchev–Trinajstić information content (AvgIpc) is 3.10. The molecule has 0 radical (unpaired) electrons. The van der Waals surface area contributed by atoms with E-state index in [0.717, 1.165) is 36.9 Å². The zero-order chi connectivity index (χ0) is 21.8. The van der Waals surface area contributed by atoms with Gasteiger partial charge >= 0.3 is 11.7 Å². The lowest BCUT2D eigenvalue weighted by atomic mass is 9.87. The molecule has 31 heavy (non-hydrogen) atoms. The van der Waals surface area contributed by atoms with E-state index in [-0.39, 0.29) is 5.69 Å². The number of aryl methyl sites for hydroxylation is 1. The van der Waals surface area contributed by atoms with Crippen LogP contribution in [0.3, 0.4) is 0 Å². The van der Waals surface area contributed by atoms with Crippen LogP contribution in [0.5, 0.6) is 0 Å². The fourth-order valence-electron chi connectivity index (χ4n) is 4.73. The van der Waals surface area contributed by atoms with E-state index in [9.17, 15) is 14.7 Å². The van der Waals surface area contributed by atoms with Gasteiger partial charge in [0.25, 0.3) is 0 Å². The van der Waals surface area contributed by atoms with Crippen LogP contribution in [0.4, 0.5) is 0 Å². The summed E-state index contributed by atoms with van der Waals surface area (Å²) >= 11 is 0. The number of carboxylic acids is 1. The van der Waals surface area contributed by atoms with Crippen molar-refractivity contribution < 1.29 is 9.90 Å². The van der Waals surface area contributed by atoms with Crippen molar-refractivity contribution in [3.8, 4) is 11.1 Å². The quantitative estimate of drug-likeness (QED) is 0.549. The van der Waals surface area contributed by atoms with Crippen molar-refractivity contribution in [3.63, 3.8) is 0 Å². The SMILES string of the molecule is CCCn1cc(C2CCCCC2)n(Cc2ccc(-c3ccccc3C(=O)O)cc2)c1=O. The van der Waals surface area contributed by atoms with Crippen LogP contribution in [0.15, 0.2) is 59.5 Å². The zero-order valence-electron chi connectivity index (χ0n) is 18.1. The molecular formula is C26H30N2O3. The molecular weight excluding hydrogens is 388 g/mol. The molecule has 0 atom stereocenters. The first-order valence-electron chi connectivity index (χ1n) is 11.3. The number of aromatic nitrogens is 2. The van der Waals surface area contributed by atoms with Gasteiger partial charge in [0.05, 0.1) is 12.1 Å². The molecule has 4 rings (SSSR count). The second kappa shape index (κ2) is 9.38. The molecule has 0 unspecified atom stereocenters. The summed E-state index contributed by atoms with van der Waals surface area (Å²) in [5, 5.41) is 9.47. The molecule has 3 aromatic rings. The standard InChI is InChI=1S/C26H30N2O3/c1-2-16-27-18-24(21-8-4-3-5-9-21)28(26(27)31)17-19-12-14-20(15-13-19)22-10-6-7-11-23(22)25(29)30/h6-7,10-15,18,21H,2-5,8-9,16-17H2,1H3,(H,29,30). The molecule has 1 aromatic heterocycles. The molecule has 0 bridgehead atoms. The first kappa shape index (κ1) is 21.2. The van der Waals surface area contributed by atoms with E-state index >= 15 is 0 Å². The van der Waals surface area contributed by atoms with Gasteiger partial charge in [-0.15, -0.1) is 0 Å². The second-order valence-electron chi connectivity index (χ2n) is 8.50. The van der Waals surface area contributed by atoms with Crippen LogP contribution in [0.25, 0.3) is 11.1 Å². The number of hydrogen-bond acceptors (Lipinski definition) is 2. The summed E-state index contributed by atoms with van der Waals surface area (Å²) in [4.78, 5) is 24.6. The lowest BCUT2D eigenvalue weighted by molar-refractivity contribution is 0.0697. The molecule has 1 fully saturated rings. The van der Waals surface area contributed by atoms with E-state index in [0.29, 0.717) is 23.6 Å². The molecule has 0 aliphatic heterocycles. The number of benzene rings is 2. The van der Waals surface area contributed by atoms with E-state index in [1.807, 2.05) is 45.5 Å². The molecule has 2 aromatic carbocycles. The van der Waals surface area contributed by atoms with E-state index in [2.05, 4.69) is 13.1 Å². The normalized spacial score (nSPS) is 14.6. The van der Waals surface area contributed by atoms with Gasteiger partial charge in [-0.2, -0.15) is 0 Å². The van der Waals surface area contributed by atoms with Gasteiger partial charge in [0.15, 0.2) is 0 Å². The number of carboxylic acid groups (broad SMARTS) is 1. The Balaban J connectivity index is 1.64. The molecule has 1 saturated carbocycles. The Hall–Kier alpha value is -3.08. The molecule has 5 heteroatoms. The Morgan fingerprint density at radius 1 is 1.03 bits per heavy atom. The highest BCUT2D eigenvalue weighted by molar-refractivity contribution is 5.95. The topological polar surface area (TPSA) is 64.2 Å². The lowest BCUT2D eigenvalue weighted by Crippen LogP contribution is -2.26. The predicted octanol–water partition coefficient (Wildman–Crippen LogP) is 5.52. The van der Waals surface area contributed by atoms with Crippen LogP contribution < -0.4 is 5.69 Å². The number of imidazole rings is 1. The van der Waals surface area contributed by atoms with Crippen molar-refractivity contribution in [2.45, 2.75) is 64.5 Å². The van der Waals surface area contributed by atoms with Gasteiger partial charge in [0, 0.05) is 24.4 Å². The maximum absolute atomic E-state index is 13.1. The third-order valence-corrected chi connectivity index (χ3v) is 6.33. The highest BCUT2D eigenvalue weighted by Crippen LogP contribution is 2.32. The highest BCUT2D eigenvalue weighted by Gasteiger charge is 2.22. The van der Waals surface area contributed by atoms with Crippen molar-refractivity contribution in [1.82, 2.24) is 9.13 Å². The minimum atomic E-state index is -0.930. The van der Waals surface area contributed by atoms with Crippen LogP contribution in [0.1, 0.15) is 73.0 Å². The van der Waals surface area contributed by atoms with Crippen molar-refractivity contribution >= 4 is 5.97 Å². The van der Waals surface area contributed by atoms with Gasteiger partial charge in [-0.3, -0.25) is 9.13 Å². The van der Waals surface area contributed by atoms with Crippen molar-refractivity contribution in [2.24, 2.45) is 0 Å². The van der Waals surface area contributed by atoms with Gasteiger partial charge in [-0.1, -0.05) is 68.7 Å². The minimum Gasteiger partial charge on any atom is -0.478 e. The Bertz CT molecular complexity index is 1100. The first-order chi connectivity index (χ1) is 15.1. The fraction of sp³-hybridized carbons (Fsp3) is 0.385. The van der Waals surface area contributed by atoms with Crippen LogP contribution in [0, 0.1) is 0 Å². The van der Waals surface area contributed by atoms with Gasteiger partial charge in [0.2, 0.25) is 0 Å². The largest absolute Gasteiger partial charge is 0.478 e. The lowest BCUT2D eigenvalue weighted by Gasteiger charge is -2.22. The summed E-state index contributed by atoms with van der Waals surface area (Å²) < 4.78 is 3.81. The fourth-order valence-corrected chi connectivity index (χ4v) is 4.73. The van der Waals surface area contributed by atoms with Crippen molar-refractivity contribution in [2.75, 3.05) is 0 Å². The molecule has 0 amide bonds. The molecule has 0 saturated heterocycles. The number of nitrogens with zero attached hydrogens (tertiary/aromatic N) is 2. The number of aromatic carboxylic acids is 1. The van der Waals surface area contributed by atoms with Crippen LogP contribution >= 0.6 is 0 Å². The monoisotopic (exact) mass is 418 g/mol. The minimum absolute atomic E-state index is 0.0720. The Kier molecular flexibility index (Phi) is 6.40. The second-order valence-corrected chi connectivity index (χ2v) is 8.50. The van der Waals surface area contributed by atoms with E-state index in [4.69, 9.17) is 0 Å². The zero-order valence-corrected chi connectivity index (χ0v) is 18.1. The van der Waals surface area contributed by atoms with Crippen molar-refractivity contribution in [3.05, 3.63) is 82.0 Å². The van der Waals surface area contributed by atoms with Gasteiger partial charge in [0.1, 0.15) is 0 Å². The van der Waals surface area contributed by atoms with Crippen LogP contribution in [-0.4, -0.2) is 20.2 Å². The number of hydrogen-bond donors (Lipinski definition) is 1. The Morgan fingerprint density at radius 3 is 2.42 bits per heavy atom. The molecule has 1 aliphatic carbocycles. The van der Waals surface area contributed by atoms with E-state index < -0.39 is 5.97 Å². The van der Waals surface area contributed by atoms with E-state index in [1.165, 1.54) is 25.0 Å². The number of rotatable bonds is 7. The molecule has 1 heterocycles. The summed E-state index contributed by atoms with van der Waals surface area (Å²) in [7, 11) is 0. The van der Waals surface area contributed by atoms with Crippen molar-refractivity contribution in [1.29, 1.82) is 0 Å². The third-order valence-electron chi connectivity index (χ3n) is 6.33. The summed E-state index contributed by atoms with van der Waals surface area (Å²) in [6.45, 7) is 3.39. The molecule has 0 spiro atoms. The highest BCUT2D eigenvalue weighted by atomic mass is 16.4. The molecule has 1 N–H and O–H groups in total. The van der Waals surface area contributed by atoms with Crippen LogP contribution in [-0.2, 0) is 13.1 Å². The first-order valence-corrected chi connectivity index (χ1v) is 11.3. The maximum Gasteiger partial charge on any atom is 0.336 e. The Morgan fingerprint density at radius 2 is 1.74 bits per heavy atom. The van der Waals surface area contributed by atoms with Crippen LogP contribution in [0.2, 0.25) is 0 Å². The summed E-state index contributed by atoms with van der Waals surface area (Å²) in [5.74, 6) is -0.470. The summed E-state index contributed by atoms with van der Waals surface area (Å²) in [6, 6.07) is 14.9. The van der Waals surface area contributed by atoms with Gasteiger partial charge < -0.3 is 5.11 Å². The third kappa shape index (κ3) is 4.50. The average molecular weight is 419 g/mol. The summed E-state index contributed by atoms with van der Waals surface area (Å²) in [6.07, 6.45) is 9.08. The summed E-state index contributed by atoms with van der Waals surface area (Å²) in [5.41, 5.74) is 4.15. The Labute approximate surface area is 183 Å². The van der Waals surface area contributed by atoms with E-state index in [1.54, 1.807) is 12.1 Å². The van der Waals surface area contributed by atoms with Gasteiger partial charge in [-0.05, 0) is 42.0 Å².